The Morgan fingerprint density at radius 3 is 1.71 bits per heavy atom. The number of alkyl halides is 3. The molecule has 0 saturated carbocycles. The summed E-state index contributed by atoms with van der Waals surface area (Å²) < 4.78 is 12.4. The SMILES string of the molecule is C[C@H](C(=O)C(Cl)(Cl)Cl)[C@H](NP(=O)(c1ccccc1)c1ccccc1)c1ccc(Cl)cc1. The van der Waals surface area contributed by atoms with Gasteiger partial charge in [-0.2, -0.15) is 0 Å². The molecule has 3 nitrogen and oxygen atoms in total. The van der Waals surface area contributed by atoms with Gasteiger partial charge in [-0.05, 0) is 42.0 Å². The predicted molar refractivity (Wildman–Crippen MR) is 132 cm³/mol. The van der Waals surface area contributed by atoms with E-state index in [1.54, 1.807) is 55.5 Å². The Hall–Kier alpha value is -1.32. The zero-order valence-electron chi connectivity index (χ0n) is 16.5. The van der Waals surface area contributed by atoms with Crippen molar-refractivity contribution in [1.82, 2.24) is 5.09 Å². The molecule has 0 bridgehead atoms. The van der Waals surface area contributed by atoms with Gasteiger partial charge in [0.25, 0.3) is 0 Å². The van der Waals surface area contributed by atoms with Crippen LogP contribution in [0.5, 0.6) is 0 Å². The summed E-state index contributed by atoms with van der Waals surface area (Å²) in [5.74, 6) is -1.40. The van der Waals surface area contributed by atoms with Crippen LogP contribution in [0, 0.1) is 5.92 Å². The average Bonchev–Trinajstić information content (AvgIpc) is 2.77. The van der Waals surface area contributed by atoms with E-state index in [1.165, 1.54) is 0 Å². The van der Waals surface area contributed by atoms with Crippen molar-refractivity contribution in [2.75, 3.05) is 0 Å². The summed E-state index contributed by atoms with van der Waals surface area (Å²) in [5.41, 5.74) is 0.701. The lowest BCUT2D eigenvalue weighted by molar-refractivity contribution is -0.122. The topological polar surface area (TPSA) is 46.2 Å². The summed E-state index contributed by atoms with van der Waals surface area (Å²) in [6.07, 6.45) is 0. The quantitative estimate of drug-likeness (QED) is 0.290. The molecule has 0 saturated heterocycles. The van der Waals surface area contributed by atoms with E-state index in [9.17, 15) is 9.36 Å². The monoisotopic (exact) mass is 513 g/mol. The van der Waals surface area contributed by atoms with Crippen molar-refractivity contribution in [3.63, 3.8) is 0 Å². The lowest BCUT2D eigenvalue weighted by Gasteiger charge is -2.31. The lowest BCUT2D eigenvalue weighted by Crippen LogP contribution is -2.39. The number of benzene rings is 3. The zero-order chi connectivity index (χ0) is 22.6. The Balaban J connectivity index is 2.14. The van der Waals surface area contributed by atoms with Gasteiger partial charge in [-0.3, -0.25) is 14.4 Å². The maximum absolute atomic E-state index is 14.5. The van der Waals surface area contributed by atoms with E-state index in [2.05, 4.69) is 5.09 Å². The third kappa shape index (κ3) is 5.73. The molecule has 3 rings (SSSR count). The number of halogens is 4. The second kappa shape index (κ2) is 10.1. The first kappa shape index (κ1) is 24.3. The molecule has 3 aromatic rings. The first-order valence-corrected chi connectivity index (χ1v) is 12.7. The van der Waals surface area contributed by atoms with Crippen molar-refractivity contribution >= 4 is 70.1 Å². The van der Waals surface area contributed by atoms with Crippen molar-refractivity contribution in [1.29, 1.82) is 0 Å². The van der Waals surface area contributed by atoms with Crippen LogP contribution in [0.2, 0.25) is 5.02 Å². The molecule has 0 spiro atoms. The van der Waals surface area contributed by atoms with Crippen molar-refractivity contribution < 1.29 is 9.36 Å². The minimum absolute atomic E-state index is 0.539. The summed E-state index contributed by atoms with van der Waals surface area (Å²) in [4.78, 5) is 12.9. The largest absolute Gasteiger partial charge is 0.297 e. The Kier molecular flexibility index (Phi) is 7.91. The van der Waals surface area contributed by atoms with E-state index in [0.29, 0.717) is 21.2 Å². The molecule has 2 atom stereocenters. The summed E-state index contributed by atoms with van der Waals surface area (Å²) in [5, 5.41) is 5.02. The van der Waals surface area contributed by atoms with E-state index < -0.39 is 28.8 Å². The Morgan fingerprint density at radius 1 is 0.839 bits per heavy atom. The standard InChI is InChI=1S/C23H20Cl4NO2P/c1-16(22(29)23(25,26)27)21(17-12-14-18(24)15-13-17)28-31(30,19-8-4-2-5-9-19)20-10-6-3-7-11-20/h2-16,21H,1H3,(H,28,30)/t16-,21-/m0/s1. The van der Waals surface area contributed by atoms with Gasteiger partial charge in [-0.1, -0.05) is 102 Å². The van der Waals surface area contributed by atoms with Crippen LogP contribution in [0.15, 0.2) is 84.9 Å². The van der Waals surface area contributed by atoms with Gasteiger partial charge in [0.05, 0.1) is 0 Å². The van der Waals surface area contributed by atoms with Gasteiger partial charge in [0.15, 0.2) is 5.78 Å². The van der Waals surface area contributed by atoms with Crippen LogP contribution < -0.4 is 15.7 Å². The molecule has 0 unspecified atom stereocenters. The number of ketones is 1. The smallest absolute Gasteiger partial charge is 0.249 e. The van der Waals surface area contributed by atoms with Gasteiger partial charge in [-0.25, -0.2) is 0 Å². The molecule has 1 N–H and O–H groups in total. The third-order valence-electron chi connectivity index (χ3n) is 4.98. The van der Waals surface area contributed by atoms with Crippen LogP contribution in [0.1, 0.15) is 18.5 Å². The van der Waals surface area contributed by atoms with Crippen LogP contribution >= 0.6 is 53.7 Å². The maximum atomic E-state index is 14.5. The van der Waals surface area contributed by atoms with Gasteiger partial charge < -0.3 is 0 Å². The molecule has 162 valence electrons. The second-order valence-corrected chi connectivity index (χ2v) is 12.3. The van der Waals surface area contributed by atoms with Crippen LogP contribution in [0.4, 0.5) is 0 Å². The Morgan fingerprint density at radius 2 is 1.29 bits per heavy atom. The van der Waals surface area contributed by atoms with Crippen LogP contribution in [-0.2, 0) is 9.36 Å². The second-order valence-electron chi connectivity index (χ2n) is 7.09. The molecule has 0 fully saturated rings. The van der Waals surface area contributed by atoms with Crippen molar-refractivity contribution in [2.24, 2.45) is 5.92 Å². The van der Waals surface area contributed by atoms with Crippen LogP contribution in [0.3, 0.4) is 0 Å². The molecular weight excluding hydrogens is 495 g/mol. The highest BCUT2D eigenvalue weighted by atomic mass is 35.6. The summed E-state index contributed by atoms with van der Waals surface area (Å²) in [7, 11) is -3.37. The molecule has 3 aromatic carbocycles. The highest BCUT2D eigenvalue weighted by Crippen LogP contribution is 2.45. The fourth-order valence-corrected chi connectivity index (χ4v) is 6.51. The lowest BCUT2D eigenvalue weighted by atomic mass is 9.92. The van der Waals surface area contributed by atoms with E-state index >= 15 is 0 Å². The van der Waals surface area contributed by atoms with Crippen LogP contribution in [-0.4, -0.2) is 9.58 Å². The highest BCUT2D eigenvalue weighted by Gasteiger charge is 2.41. The molecule has 8 heteroatoms. The van der Waals surface area contributed by atoms with E-state index in [4.69, 9.17) is 46.4 Å². The number of hydrogen-bond donors (Lipinski definition) is 1. The molecule has 0 heterocycles. The number of rotatable bonds is 7. The van der Waals surface area contributed by atoms with E-state index in [0.717, 1.165) is 0 Å². The average molecular weight is 515 g/mol. The first-order valence-electron chi connectivity index (χ1n) is 9.48. The normalized spacial score (nSPS) is 14.1. The molecule has 0 aliphatic heterocycles. The zero-order valence-corrected chi connectivity index (χ0v) is 20.4. The van der Waals surface area contributed by atoms with Gasteiger partial charge in [0, 0.05) is 27.6 Å². The minimum atomic E-state index is -3.37. The third-order valence-corrected chi connectivity index (χ3v) is 8.49. The molecule has 0 amide bonds. The van der Waals surface area contributed by atoms with Gasteiger partial charge in [0.1, 0.15) is 0 Å². The maximum Gasteiger partial charge on any atom is 0.249 e. The van der Waals surface area contributed by atoms with Gasteiger partial charge in [0.2, 0.25) is 11.1 Å². The molecule has 0 radical (unpaired) electrons. The van der Waals surface area contributed by atoms with Crippen LogP contribution in [0.25, 0.3) is 0 Å². The molecular formula is C23H20Cl4NO2P. The summed E-state index contributed by atoms with van der Waals surface area (Å²) in [6.45, 7) is 1.65. The summed E-state index contributed by atoms with van der Waals surface area (Å²) in [6, 6.07) is 24.4. The predicted octanol–water partition coefficient (Wildman–Crippen LogP) is 6.48. The molecule has 31 heavy (non-hydrogen) atoms. The highest BCUT2D eigenvalue weighted by molar-refractivity contribution is 7.76. The van der Waals surface area contributed by atoms with Crippen molar-refractivity contribution in [2.45, 2.75) is 16.8 Å². The van der Waals surface area contributed by atoms with Gasteiger partial charge >= 0.3 is 0 Å². The van der Waals surface area contributed by atoms with Crippen molar-refractivity contribution in [3.8, 4) is 0 Å². The number of hydrogen-bond acceptors (Lipinski definition) is 2. The Labute approximate surface area is 202 Å². The molecule has 0 aliphatic rings. The number of carbonyl (C=O) groups excluding carboxylic acids is 1. The molecule has 0 aromatic heterocycles. The Bertz CT molecular complexity index is 1030. The fraction of sp³-hybridized carbons (Fsp3) is 0.174. The van der Waals surface area contributed by atoms with E-state index in [1.807, 2.05) is 36.4 Å². The number of Topliss-reactive ketones (excluding diaryl/α,β-unsaturated/α-hetero) is 1. The molecule has 0 aliphatic carbocycles. The first-order chi connectivity index (χ1) is 14.6. The van der Waals surface area contributed by atoms with Gasteiger partial charge in [-0.15, -0.1) is 0 Å². The van der Waals surface area contributed by atoms with E-state index in [-0.39, 0.29) is 0 Å². The summed E-state index contributed by atoms with van der Waals surface area (Å²) >= 11 is 23.8. The minimum Gasteiger partial charge on any atom is -0.297 e. The van der Waals surface area contributed by atoms with Crippen molar-refractivity contribution in [3.05, 3.63) is 95.5 Å². The fourth-order valence-electron chi connectivity index (χ4n) is 3.32. The number of carbonyl (C=O) groups is 1. The number of nitrogens with one attached hydrogen (secondary N) is 1.